The zero-order valence-corrected chi connectivity index (χ0v) is 17.4. The Hall–Kier alpha value is -2.07. The number of aliphatic hydroxyl groups excluding tert-OH is 1. The van der Waals surface area contributed by atoms with Crippen molar-refractivity contribution < 1.29 is 24.6 Å². The van der Waals surface area contributed by atoms with Crippen molar-refractivity contribution in [3.8, 4) is 0 Å². The van der Waals surface area contributed by atoms with E-state index in [1.807, 2.05) is 30.8 Å². The summed E-state index contributed by atoms with van der Waals surface area (Å²) >= 11 is 1.46. The molecule has 0 aliphatic carbocycles. The van der Waals surface area contributed by atoms with Crippen LogP contribution >= 0.6 is 11.8 Å². The Labute approximate surface area is 168 Å². The van der Waals surface area contributed by atoms with Gasteiger partial charge in [0.2, 0.25) is 17.8 Å². The lowest BCUT2D eigenvalue weighted by Crippen LogP contribution is -2.63. The van der Waals surface area contributed by atoms with Gasteiger partial charge >= 0.3 is 5.97 Å². The van der Waals surface area contributed by atoms with Crippen LogP contribution in [-0.4, -0.2) is 93.2 Å². The van der Waals surface area contributed by atoms with E-state index in [1.54, 1.807) is 6.92 Å². The van der Waals surface area contributed by atoms with Crippen molar-refractivity contribution in [2.75, 3.05) is 27.2 Å². The number of guanidine groups is 1. The van der Waals surface area contributed by atoms with E-state index in [9.17, 15) is 24.6 Å². The van der Waals surface area contributed by atoms with Gasteiger partial charge in [0.15, 0.2) is 0 Å². The molecule has 2 amide bonds. The molecular formula is C18H26N4O5S. The number of thioether (sulfide) groups is 1. The third-order valence-corrected chi connectivity index (χ3v) is 6.95. The summed E-state index contributed by atoms with van der Waals surface area (Å²) in [4.78, 5) is 45.5. The monoisotopic (exact) mass is 410 g/mol. The van der Waals surface area contributed by atoms with Gasteiger partial charge in [-0.15, -0.1) is 11.8 Å². The SMILES string of the molecule is CC(=O)N=C1N(C)CC(SC2=C(C(=O)O)N3C(=O)[C@H]([C@@H](C)O)[C@H]3[C@H]2C)CN1C. The van der Waals surface area contributed by atoms with Gasteiger partial charge in [-0.05, 0) is 6.92 Å². The van der Waals surface area contributed by atoms with Gasteiger partial charge in [-0.3, -0.25) is 9.59 Å². The second kappa shape index (κ2) is 7.40. The zero-order chi connectivity index (χ0) is 20.9. The molecule has 3 aliphatic heterocycles. The number of carbonyl (C=O) groups is 3. The fraction of sp³-hybridized carbons (Fsp3) is 0.667. The zero-order valence-electron chi connectivity index (χ0n) is 16.6. The average molecular weight is 410 g/mol. The minimum Gasteiger partial charge on any atom is -0.477 e. The molecule has 3 rings (SSSR count). The Bertz CT molecular complexity index is 766. The minimum absolute atomic E-state index is 0.0397. The Balaban J connectivity index is 1.83. The summed E-state index contributed by atoms with van der Waals surface area (Å²) in [6, 6.07) is -0.310. The average Bonchev–Trinajstić information content (AvgIpc) is 2.80. The number of carboxylic acids is 1. The number of aliphatic imine (C=N–C) groups is 1. The third kappa shape index (κ3) is 3.28. The molecular weight excluding hydrogens is 384 g/mol. The second-order valence-corrected chi connectivity index (χ2v) is 9.05. The molecule has 3 heterocycles. The van der Waals surface area contributed by atoms with Gasteiger partial charge in [0.05, 0.1) is 18.1 Å². The van der Waals surface area contributed by atoms with Crippen LogP contribution < -0.4 is 0 Å². The van der Waals surface area contributed by atoms with Gasteiger partial charge in [0.25, 0.3) is 0 Å². The molecule has 2 N–H and O–H groups in total. The summed E-state index contributed by atoms with van der Waals surface area (Å²) in [7, 11) is 3.69. The van der Waals surface area contributed by atoms with Crippen LogP contribution in [0.4, 0.5) is 0 Å². The molecule has 3 aliphatic rings. The fourth-order valence-electron chi connectivity index (χ4n) is 4.37. The number of amides is 2. The first kappa shape index (κ1) is 20.7. The smallest absolute Gasteiger partial charge is 0.353 e. The molecule has 154 valence electrons. The van der Waals surface area contributed by atoms with Crippen LogP contribution in [0, 0.1) is 11.8 Å². The molecule has 0 aromatic heterocycles. The van der Waals surface area contributed by atoms with E-state index in [-0.39, 0.29) is 34.7 Å². The van der Waals surface area contributed by atoms with E-state index >= 15 is 0 Å². The summed E-state index contributed by atoms with van der Waals surface area (Å²) < 4.78 is 0. The van der Waals surface area contributed by atoms with Crippen molar-refractivity contribution in [1.82, 2.24) is 14.7 Å². The van der Waals surface area contributed by atoms with Crippen molar-refractivity contribution in [2.45, 2.75) is 38.2 Å². The maximum Gasteiger partial charge on any atom is 0.353 e. The fourth-order valence-corrected chi connectivity index (χ4v) is 5.97. The lowest BCUT2D eigenvalue weighted by atomic mass is 9.79. The molecule has 0 spiro atoms. The molecule has 0 bridgehead atoms. The van der Waals surface area contributed by atoms with E-state index in [0.29, 0.717) is 24.0 Å². The predicted molar refractivity (Wildman–Crippen MR) is 104 cm³/mol. The summed E-state index contributed by atoms with van der Waals surface area (Å²) in [6.45, 7) is 6.08. The normalized spacial score (nSPS) is 31.0. The number of nitrogens with zero attached hydrogens (tertiary/aromatic N) is 4. The molecule has 0 saturated carbocycles. The predicted octanol–water partition coefficient (Wildman–Crippen LogP) is 0.0216. The van der Waals surface area contributed by atoms with Crippen molar-refractivity contribution in [2.24, 2.45) is 16.8 Å². The van der Waals surface area contributed by atoms with Gasteiger partial charge in [-0.25, -0.2) is 4.79 Å². The van der Waals surface area contributed by atoms with Gasteiger partial charge < -0.3 is 24.9 Å². The highest BCUT2D eigenvalue weighted by Gasteiger charge is 2.60. The van der Waals surface area contributed by atoms with Gasteiger partial charge in [0.1, 0.15) is 5.70 Å². The van der Waals surface area contributed by atoms with Gasteiger partial charge in [-0.2, -0.15) is 4.99 Å². The molecule has 0 unspecified atom stereocenters. The van der Waals surface area contributed by atoms with E-state index in [1.165, 1.54) is 23.6 Å². The molecule has 10 heteroatoms. The first-order valence-electron chi connectivity index (χ1n) is 9.21. The van der Waals surface area contributed by atoms with Crippen LogP contribution in [0.3, 0.4) is 0 Å². The van der Waals surface area contributed by atoms with Crippen molar-refractivity contribution in [1.29, 1.82) is 0 Å². The molecule has 0 aromatic carbocycles. The number of rotatable bonds is 4. The quantitative estimate of drug-likeness (QED) is 0.624. The number of aliphatic hydroxyl groups is 1. The van der Waals surface area contributed by atoms with E-state index < -0.39 is 18.0 Å². The molecule has 2 fully saturated rings. The maximum atomic E-state index is 12.4. The van der Waals surface area contributed by atoms with Crippen LogP contribution in [0.25, 0.3) is 0 Å². The lowest BCUT2D eigenvalue weighted by Gasteiger charge is -2.46. The topological polar surface area (TPSA) is 114 Å². The van der Waals surface area contributed by atoms with Gasteiger partial charge in [0, 0.05) is 50.2 Å². The second-order valence-electron chi connectivity index (χ2n) is 7.70. The standard InChI is InChI=1S/C18H26N4O5S/c1-8-13-12(9(2)23)16(25)22(13)14(17(26)27)15(8)28-11-6-20(4)18(19-10(3)24)21(5)7-11/h8-9,11-13,23H,6-7H2,1-5H3,(H,26,27)/t8-,9-,11?,12-,13-/m1/s1. The van der Waals surface area contributed by atoms with E-state index in [4.69, 9.17) is 0 Å². The Morgan fingerprint density at radius 1 is 1.25 bits per heavy atom. The van der Waals surface area contributed by atoms with Crippen LogP contribution in [0.15, 0.2) is 15.6 Å². The first-order valence-corrected chi connectivity index (χ1v) is 10.1. The number of aliphatic carboxylic acids is 1. The largest absolute Gasteiger partial charge is 0.477 e. The summed E-state index contributed by atoms with van der Waals surface area (Å²) in [6.07, 6.45) is -0.812. The number of carbonyl (C=O) groups excluding carboxylic acids is 2. The minimum atomic E-state index is -1.12. The summed E-state index contributed by atoms with van der Waals surface area (Å²) in [5.74, 6) is -1.85. The summed E-state index contributed by atoms with van der Waals surface area (Å²) in [5.41, 5.74) is 0.0397. The summed E-state index contributed by atoms with van der Waals surface area (Å²) in [5, 5.41) is 19.7. The number of fused-ring (bicyclic) bond motifs is 1. The van der Waals surface area contributed by atoms with Crippen LogP contribution in [0.1, 0.15) is 20.8 Å². The number of β-lactam (4-membered cyclic amide) rings is 1. The number of carboxylic acid groups (broad SMARTS) is 1. The van der Waals surface area contributed by atoms with Crippen LogP contribution in [0.5, 0.6) is 0 Å². The Morgan fingerprint density at radius 3 is 2.29 bits per heavy atom. The molecule has 0 aromatic rings. The molecule has 2 saturated heterocycles. The number of hydrogen-bond donors (Lipinski definition) is 2. The van der Waals surface area contributed by atoms with Crippen molar-refractivity contribution in [3.63, 3.8) is 0 Å². The number of hydrogen-bond acceptors (Lipinski definition) is 5. The highest BCUT2D eigenvalue weighted by molar-refractivity contribution is 8.03. The van der Waals surface area contributed by atoms with E-state index in [0.717, 1.165) is 0 Å². The third-order valence-electron chi connectivity index (χ3n) is 5.50. The highest BCUT2D eigenvalue weighted by Crippen LogP contribution is 2.51. The van der Waals surface area contributed by atoms with Crippen LogP contribution in [0.2, 0.25) is 0 Å². The maximum absolute atomic E-state index is 12.4. The molecule has 9 nitrogen and oxygen atoms in total. The highest BCUT2D eigenvalue weighted by atomic mass is 32.2. The van der Waals surface area contributed by atoms with Gasteiger partial charge in [-0.1, -0.05) is 6.92 Å². The van der Waals surface area contributed by atoms with Crippen molar-refractivity contribution in [3.05, 3.63) is 10.6 Å². The Kier molecular flexibility index (Phi) is 5.46. The molecule has 4 atom stereocenters. The molecule has 28 heavy (non-hydrogen) atoms. The van der Waals surface area contributed by atoms with E-state index in [2.05, 4.69) is 4.99 Å². The first-order chi connectivity index (χ1) is 13.0. The van der Waals surface area contributed by atoms with Crippen molar-refractivity contribution >= 4 is 35.5 Å². The van der Waals surface area contributed by atoms with Crippen LogP contribution in [-0.2, 0) is 14.4 Å². The lowest BCUT2D eigenvalue weighted by molar-refractivity contribution is -0.163. The Morgan fingerprint density at radius 2 is 1.82 bits per heavy atom. The molecule has 0 radical (unpaired) electrons.